The van der Waals surface area contributed by atoms with E-state index in [0.717, 1.165) is 11.1 Å². The van der Waals surface area contributed by atoms with Gasteiger partial charge in [-0.05, 0) is 23.6 Å². The van der Waals surface area contributed by atoms with E-state index < -0.39 is 36.0 Å². The van der Waals surface area contributed by atoms with Crippen LogP contribution in [0.15, 0.2) is 54.6 Å². The van der Waals surface area contributed by atoms with Gasteiger partial charge in [-0.15, -0.1) is 0 Å². The van der Waals surface area contributed by atoms with E-state index in [1.54, 1.807) is 19.1 Å². The fourth-order valence-electron chi connectivity index (χ4n) is 2.99. The van der Waals surface area contributed by atoms with Crippen molar-refractivity contribution in [3.8, 4) is 11.1 Å². The van der Waals surface area contributed by atoms with Gasteiger partial charge in [0.25, 0.3) is 0 Å². The van der Waals surface area contributed by atoms with E-state index in [9.17, 15) is 37.5 Å². The number of benzene rings is 2. The lowest BCUT2D eigenvalue weighted by atomic mass is 9.99. The van der Waals surface area contributed by atoms with Crippen LogP contribution in [0.1, 0.15) is 31.4 Å². The summed E-state index contributed by atoms with van der Waals surface area (Å²) in [5.41, 5.74) is 2.66. The van der Waals surface area contributed by atoms with E-state index in [4.69, 9.17) is 9.90 Å². The maximum absolute atomic E-state index is 12.3. The Morgan fingerprint density at radius 2 is 1.38 bits per heavy atom. The van der Waals surface area contributed by atoms with Crippen molar-refractivity contribution in [1.82, 2.24) is 21.3 Å². The van der Waals surface area contributed by atoms with Crippen LogP contribution in [0.25, 0.3) is 11.1 Å². The molecule has 6 N–H and O–H groups in total. The molecule has 11 nitrogen and oxygen atoms in total. The molecule has 0 fully saturated rings. The molecule has 1 atom stereocenters. The minimum atomic E-state index is -5.08. The van der Waals surface area contributed by atoms with E-state index in [2.05, 4.69) is 21.3 Å². The molecule has 212 valence electrons. The summed E-state index contributed by atoms with van der Waals surface area (Å²) >= 11 is 0. The van der Waals surface area contributed by atoms with Crippen molar-refractivity contribution in [2.24, 2.45) is 0 Å². The number of carboxylic acids is 2. The average Bonchev–Trinajstić information content (AvgIpc) is 2.87. The first-order valence-corrected chi connectivity index (χ1v) is 11.6. The third-order valence-corrected chi connectivity index (χ3v) is 4.80. The number of hydrogen-bond donors (Lipinski definition) is 6. The Balaban J connectivity index is 0.000000956. The highest BCUT2D eigenvalue weighted by Gasteiger charge is 2.38. The van der Waals surface area contributed by atoms with Crippen LogP contribution >= 0.6 is 0 Å². The van der Waals surface area contributed by atoms with Crippen LogP contribution in [0.5, 0.6) is 0 Å². The van der Waals surface area contributed by atoms with Crippen LogP contribution in [0.2, 0.25) is 0 Å². The third kappa shape index (κ3) is 13.5. The minimum absolute atomic E-state index is 0.0178. The lowest BCUT2D eigenvalue weighted by molar-refractivity contribution is -0.192. The standard InChI is InChI=1S/C23H28N4O5.C2HF3O2/c1-2-24-23(32)25-13-12-20(28)26-15-21(29)27-19(14-22(30)31)18-10-8-17(9-11-18)16-6-4-3-5-7-16;3-2(4,5)1(6)7/h3-11,19H,2,12-15H2,1H3,(H,26,28)(H,27,29)(H,30,31)(H2,24,25,32);(H,6,7). The molecule has 4 amide bonds. The Morgan fingerprint density at radius 1 is 0.821 bits per heavy atom. The second-order valence-corrected chi connectivity index (χ2v) is 7.82. The minimum Gasteiger partial charge on any atom is -0.481 e. The van der Waals surface area contributed by atoms with Crippen molar-refractivity contribution >= 4 is 29.8 Å². The van der Waals surface area contributed by atoms with E-state index in [0.29, 0.717) is 12.1 Å². The summed E-state index contributed by atoms with van der Waals surface area (Å²) in [6, 6.07) is 15.9. The van der Waals surface area contributed by atoms with Gasteiger partial charge in [-0.1, -0.05) is 54.6 Å². The number of carbonyl (C=O) groups excluding carboxylic acids is 3. The molecular formula is C25H29F3N4O7. The van der Waals surface area contributed by atoms with E-state index in [1.165, 1.54) is 0 Å². The number of urea groups is 1. The molecule has 0 aliphatic carbocycles. The largest absolute Gasteiger partial charge is 0.490 e. The van der Waals surface area contributed by atoms with Crippen molar-refractivity contribution in [3.63, 3.8) is 0 Å². The smallest absolute Gasteiger partial charge is 0.481 e. The summed E-state index contributed by atoms with van der Waals surface area (Å²) in [5.74, 6) is -4.72. The van der Waals surface area contributed by atoms with Gasteiger partial charge in [0.05, 0.1) is 19.0 Å². The zero-order valence-corrected chi connectivity index (χ0v) is 20.9. The highest BCUT2D eigenvalue weighted by atomic mass is 19.4. The summed E-state index contributed by atoms with van der Waals surface area (Å²) in [4.78, 5) is 55.5. The van der Waals surface area contributed by atoms with Gasteiger partial charge in [0.1, 0.15) is 0 Å². The number of aliphatic carboxylic acids is 2. The van der Waals surface area contributed by atoms with Crippen molar-refractivity contribution in [2.75, 3.05) is 19.6 Å². The number of carboxylic acid groups (broad SMARTS) is 2. The van der Waals surface area contributed by atoms with Crippen molar-refractivity contribution in [1.29, 1.82) is 0 Å². The third-order valence-electron chi connectivity index (χ3n) is 4.80. The molecule has 0 heterocycles. The molecule has 0 aromatic heterocycles. The molecule has 2 rings (SSSR count). The van der Waals surface area contributed by atoms with Crippen molar-refractivity contribution < 1.29 is 47.4 Å². The zero-order valence-electron chi connectivity index (χ0n) is 20.9. The van der Waals surface area contributed by atoms with Crippen LogP contribution < -0.4 is 21.3 Å². The lowest BCUT2D eigenvalue weighted by Crippen LogP contribution is -2.41. The first kappa shape index (κ1) is 32.4. The average molecular weight is 555 g/mol. The number of hydrogen-bond acceptors (Lipinski definition) is 5. The Kier molecular flexibility index (Phi) is 13.5. The second kappa shape index (κ2) is 16.3. The van der Waals surface area contributed by atoms with Gasteiger partial charge in [-0.2, -0.15) is 13.2 Å². The summed E-state index contributed by atoms with van der Waals surface area (Å²) < 4.78 is 31.7. The van der Waals surface area contributed by atoms with Crippen LogP contribution in [-0.4, -0.2) is 65.8 Å². The van der Waals surface area contributed by atoms with E-state index in [-0.39, 0.29) is 32.0 Å². The quantitative estimate of drug-likeness (QED) is 0.247. The lowest BCUT2D eigenvalue weighted by Gasteiger charge is -2.18. The van der Waals surface area contributed by atoms with Gasteiger partial charge in [0.2, 0.25) is 11.8 Å². The fraction of sp³-hybridized carbons (Fsp3) is 0.320. The van der Waals surface area contributed by atoms with Crippen LogP contribution in [0.3, 0.4) is 0 Å². The highest BCUT2D eigenvalue weighted by molar-refractivity contribution is 5.85. The first-order valence-electron chi connectivity index (χ1n) is 11.6. The topological polar surface area (TPSA) is 174 Å². The molecule has 14 heteroatoms. The number of carbonyl (C=O) groups is 5. The Bertz CT molecular complexity index is 1110. The molecule has 0 aliphatic heterocycles. The molecular weight excluding hydrogens is 525 g/mol. The number of amides is 4. The maximum atomic E-state index is 12.3. The highest BCUT2D eigenvalue weighted by Crippen LogP contribution is 2.23. The van der Waals surface area contributed by atoms with Gasteiger partial charge >= 0.3 is 24.1 Å². The van der Waals surface area contributed by atoms with Gasteiger partial charge in [0.15, 0.2) is 0 Å². The molecule has 2 aromatic rings. The van der Waals surface area contributed by atoms with Gasteiger partial charge < -0.3 is 31.5 Å². The Hall–Kier alpha value is -4.62. The number of halogens is 3. The SMILES string of the molecule is CCNC(=O)NCCC(=O)NCC(=O)NC(CC(=O)O)c1ccc(-c2ccccc2)cc1.O=C(O)C(F)(F)F. The molecule has 39 heavy (non-hydrogen) atoms. The second-order valence-electron chi connectivity index (χ2n) is 7.82. The molecule has 1 unspecified atom stereocenters. The Morgan fingerprint density at radius 3 is 1.90 bits per heavy atom. The number of alkyl halides is 3. The van der Waals surface area contributed by atoms with Crippen molar-refractivity contribution in [3.05, 3.63) is 60.2 Å². The van der Waals surface area contributed by atoms with Gasteiger partial charge in [-0.25, -0.2) is 9.59 Å². The van der Waals surface area contributed by atoms with Crippen LogP contribution in [-0.2, 0) is 19.2 Å². The predicted octanol–water partition coefficient (Wildman–Crippen LogP) is 2.44. The number of nitrogens with one attached hydrogen (secondary N) is 4. The molecule has 0 radical (unpaired) electrons. The molecule has 0 saturated carbocycles. The van der Waals surface area contributed by atoms with E-state index in [1.807, 2.05) is 42.5 Å². The monoisotopic (exact) mass is 554 g/mol. The molecule has 0 spiro atoms. The van der Waals surface area contributed by atoms with Crippen LogP contribution in [0.4, 0.5) is 18.0 Å². The van der Waals surface area contributed by atoms with Gasteiger partial charge in [-0.3, -0.25) is 14.4 Å². The predicted molar refractivity (Wildman–Crippen MR) is 133 cm³/mol. The maximum Gasteiger partial charge on any atom is 0.490 e. The Labute approximate surface area is 221 Å². The van der Waals surface area contributed by atoms with Gasteiger partial charge in [0, 0.05) is 19.5 Å². The molecule has 0 bridgehead atoms. The summed E-state index contributed by atoms with van der Waals surface area (Å²) in [6.45, 7) is 2.09. The first-order chi connectivity index (χ1) is 18.3. The fourth-order valence-corrected chi connectivity index (χ4v) is 2.99. The molecule has 0 aliphatic rings. The molecule has 2 aromatic carbocycles. The normalized spacial score (nSPS) is 11.2. The summed E-state index contributed by atoms with van der Waals surface area (Å²) in [6.07, 6.45) is -5.36. The van der Waals surface area contributed by atoms with Crippen molar-refractivity contribution in [2.45, 2.75) is 32.0 Å². The zero-order chi connectivity index (χ0) is 29.4. The van der Waals surface area contributed by atoms with E-state index >= 15 is 0 Å². The number of rotatable bonds is 11. The molecule has 0 saturated heterocycles. The summed E-state index contributed by atoms with van der Waals surface area (Å²) in [5, 5.41) is 26.5. The van der Waals surface area contributed by atoms with Crippen LogP contribution in [0, 0.1) is 0 Å². The summed E-state index contributed by atoms with van der Waals surface area (Å²) in [7, 11) is 0.